The number of benzene rings is 1. The van der Waals surface area contributed by atoms with Crippen LogP contribution in [-0.2, 0) is 17.9 Å². The van der Waals surface area contributed by atoms with Gasteiger partial charge in [-0.2, -0.15) is 0 Å². The number of anilines is 1. The highest BCUT2D eigenvalue weighted by Crippen LogP contribution is 2.14. The number of hydrogen-bond donors (Lipinski definition) is 2. The van der Waals surface area contributed by atoms with Gasteiger partial charge in [-0.3, -0.25) is 9.59 Å². The number of carbonyl (C=O) groups excluding carboxylic acids is 1. The molecule has 5 heteroatoms. The maximum Gasteiger partial charge on any atom is 0.250 e. The van der Waals surface area contributed by atoms with Crippen molar-refractivity contribution >= 4 is 11.6 Å². The van der Waals surface area contributed by atoms with Crippen molar-refractivity contribution in [2.45, 2.75) is 19.6 Å². The van der Waals surface area contributed by atoms with Crippen molar-refractivity contribution < 1.29 is 9.90 Å². The number of para-hydroxylation sites is 1. The monoisotopic (exact) mass is 272 g/mol. The number of amides is 1. The fraction of sp³-hybridized carbons (Fsp3) is 0.200. The van der Waals surface area contributed by atoms with Crippen molar-refractivity contribution in [2.24, 2.45) is 0 Å². The Morgan fingerprint density at radius 1 is 1.15 bits per heavy atom. The van der Waals surface area contributed by atoms with Crippen LogP contribution < -0.4 is 10.9 Å². The van der Waals surface area contributed by atoms with Gasteiger partial charge in [0.1, 0.15) is 0 Å². The van der Waals surface area contributed by atoms with E-state index in [4.69, 9.17) is 0 Å². The highest BCUT2D eigenvalue weighted by atomic mass is 16.3. The molecular weight excluding hydrogens is 256 g/mol. The Labute approximate surface area is 116 Å². The van der Waals surface area contributed by atoms with E-state index in [0.717, 1.165) is 0 Å². The first-order valence-electron chi connectivity index (χ1n) is 6.35. The van der Waals surface area contributed by atoms with Crippen LogP contribution in [0.25, 0.3) is 0 Å². The van der Waals surface area contributed by atoms with E-state index in [1.165, 1.54) is 10.6 Å². The van der Waals surface area contributed by atoms with E-state index in [-0.39, 0.29) is 24.5 Å². The Bertz CT molecular complexity index is 649. The van der Waals surface area contributed by atoms with E-state index in [1.54, 1.807) is 42.6 Å². The average molecular weight is 272 g/mol. The fourth-order valence-corrected chi connectivity index (χ4v) is 1.86. The predicted molar refractivity (Wildman–Crippen MR) is 76.3 cm³/mol. The standard InChI is InChI=1S/C15H16N2O3/c18-11-12-5-1-2-6-13(12)16-14(19)8-10-17-9-4-3-7-15(17)20/h1-7,9,18H,8,10-11H2,(H,16,19). The van der Waals surface area contributed by atoms with Gasteiger partial charge in [0.05, 0.1) is 6.61 Å². The van der Waals surface area contributed by atoms with Crippen molar-refractivity contribution in [3.8, 4) is 0 Å². The van der Waals surface area contributed by atoms with Gasteiger partial charge in [-0.05, 0) is 12.1 Å². The molecule has 104 valence electrons. The molecule has 0 atom stereocenters. The van der Waals surface area contributed by atoms with Crippen LogP contribution in [-0.4, -0.2) is 15.6 Å². The third-order valence-corrected chi connectivity index (χ3v) is 2.94. The predicted octanol–water partition coefficient (Wildman–Crippen LogP) is 1.37. The molecule has 0 radical (unpaired) electrons. The molecule has 0 aliphatic carbocycles. The number of aryl methyl sites for hydroxylation is 1. The number of aliphatic hydroxyl groups excluding tert-OH is 1. The zero-order chi connectivity index (χ0) is 14.4. The van der Waals surface area contributed by atoms with Gasteiger partial charge in [-0.15, -0.1) is 0 Å². The molecule has 2 N–H and O–H groups in total. The van der Waals surface area contributed by atoms with E-state index in [9.17, 15) is 14.7 Å². The second-order valence-electron chi connectivity index (χ2n) is 4.35. The van der Waals surface area contributed by atoms with Crippen LogP contribution in [0.5, 0.6) is 0 Å². The van der Waals surface area contributed by atoms with Crippen LogP contribution in [0.1, 0.15) is 12.0 Å². The number of pyridine rings is 1. The summed E-state index contributed by atoms with van der Waals surface area (Å²) in [5.41, 5.74) is 1.13. The lowest BCUT2D eigenvalue weighted by Gasteiger charge is -2.09. The molecule has 1 aromatic heterocycles. The summed E-state index contributed by atoms with van der Waals surface area (Å²) in [5, 5.41) is 11.9. The third kappa shape index (κ3) is 3.55. The molecule has 0 aliphatic heterocycles. The molecule has 20 heavy (non-hydrogen) atoms. The molecule has 0 saturated carbocycles. The van der Waals surface area contributed by atoms with E-state index in [2.05, 4.69) is 5.32 Å². The maximum absolute atomic E-state index is 11.9. The summed E-state index contributed by atoms with van der Waals surface area (Å²) in [6.07, 6.45) is 1.85. The van der Waals surface area contributed by atoms with Gasteiger partial charge in [-0.25, -0.2) is 0 Å². The Hall–Kier alpha value is -2.40. The molecule has 1 aromatic carbocycles. The van der Waals surface area contributed by atoms with Gasteiger partial charge in [0.15, 0.2) is 0 Å². The van der Waals surface area contributed by atoms with E-state index >= 15 is 0 Å². The van der Waals surface area contributed by atoms with Crippen molar-refractivity contribution in [3.63, 3.8) is 0 Å². The van der Waals surface area contributed by atoms with Crippen molar-refractivity contribution in [3.05, 3.63) is 64.6 Å². The van der Waals surface area contributed by atoms with Crippen LogP contribution in [0, 0.1) is 0 Å². The molecular formula is C15H16N2O3. The molecule has 0 spiro atoms. The summed E-state index contributed by atoms with van der Waals surface area (Å²) in [7, 11) is 0. The van der Waals surface area contributed by atoms with E-state index in [1.807, 2.05) is 0 Å². The van der Waals surface area contributed by atoms with Gasteiger partial charge in [-0.1, -0.05) is 24.3 Å². The van der Waals surface area contributed by atoms with Crippen LogP contribution in [0.2, 0.25) is 0 Å². The maximum atomic E-state index is 11.9. The van der Waals surface area contributed by atoms with Crippen molar-refractivity contribution in [1.82, 2.24) is 4.57 Å². The molecule has 0 saturated heterocycles. The first kappa shape index (κ1) is 14.0. The number of carbonyl (C=O) groups is 1. The Morgan fingerprint density at radius 2 is 1.90 bits per heavy atom. The molecule has 1 amide bonds. The number of nitrogens with zero attached hydrogens (tertiary/aromatic N) is 1. The normalized spacial score (nSPS) is 10.2. The molecule has 0 aliphatic rings. The van der Waals surface area contributed by atoms with Gasteiger partial charge >= 0.3 is 0 Å². The van der Waals surface area contributed by atoms with Gasteiger partial charge < -0.3 is 15.0 Å². The second kappa shape index (κ2) is 6.68. The number of rotatable bonds is 5. The quantitative estimate of drug-likeness (QED) is 0.863. The first-order chi connectivity index (χ1) is 9.70. The molecule has 2 aromatic rings. The number of nitrogens with one attached hydrogen (secondary N) is 1. The molecule has 1 heterocycles. The summed E-state index contributed by atoms with van der Waals surface area (Å²) in [5.74, 6) is -0.193. The largest absolute Gasteiger partial charge is 0.392 e. The summed E-state index contributed by atoms with van der Waals surface area (Å²) in [4.78, 5) is 23.3. The minimum atomic E-state index is -0.193. The van der Waals surface area contributed by atoms with Crippen LogP contribution >= 0.6 is 0 Å². The number of aliphatic hydroxyl groups is 1. The SMILES string of the molecule is O=C(CCn1ccccc1=O)Nc1ccccc1CO. The van der Waals surface area contributed by atoms with Gasteiger partial charge in [0.25, 0.3) is 5.56 Å². The molecule has 0 unspecified atom stereocenters. The lowest BCUT2D eigenvalue weighted by molar-refractivity contribution is -0.116. The Balaban J connectivity index is 1.96. The molecule has 2 rings (SSSR count). The third-order valence-electron chi connectivity index (χ3n) is 2.94. The summed E-state index contributed by atoms with van der Waals surface area (Å²) in [6.45, 7) is 0.196. The lowest BCUT2D eigenvalue weighted by atomic mass is 10.2. The lowest BCUT2D eigenvalue weighted by Crippen LogP contribution is -2.22. The first-order valence-corrected chi connectivity index (χ1v) is 6.35. The molecule has 5 nitrogen and oxygen atoms in total. The Kier molecular flexibility index (Phi) is 4.68. The van der Waals surface area contributed by atoms with Crippen LogP contribution in [0.15, 0.2) is 53.5 Å². The van der Waals surface area contributed by atoms with Gasteiger partial charge in [0.2, 0.25) is 5.91 Å². The second-order valence-corrected chi connectivity index (χ2v) is 4.35. The van der Waals surface area contributed by atoms with E-state index < -0.39 is 0 Å². The van der Waals surface area contributed by atoms with Crippen molar-refractivity contribution in [2.75, 3.05) is 5.32 Å². The van der Waals surface area contributed by atoms with Gasteiger partial charge in [0, 0.05) is 36.5 Å². The topological polar surface area (TPSA) is 71.3 Å². The van der Waals surface area contributed by atoms with Crippen LogP contribution in [0.3, 0.4) is 0 Å². The highest BCUT2D eigenvalue weighted by molar-refractivity contribution is 5.91. The zero-order valence-corrected chi connectivity index (χ0v) is 11.0. The summed E-state index contributed by atoms with van der Waals surface area (Å²) >= 11 is 0. The number of aromatic nitrogens is 1. The zero-order valence-electron chi connectivity index (χ0n) is 11.0. The average Bonchev–Trinajstić information content (AvgIpc) is 2.47. The van der Waals surface area contributed by atoms with Crippen LogP contribution in [0.4, 0.5) is 5.69 Å². The van der Waals surface area contributed by atoms with Crippen molar-refractivity contribution in [1.29, 1.82) is 0 Å². The molecule has 0 bridgehead atoms. The molecule has 0 fully saturated rings. The number of hydrogen-bond acceptors (Lipinski definition) is 3. The highest BCUT2D eigenvalue weighted by Gasteiger charge is 2.06. The fourth-order valence-electron chi connectivity index (χ4n) is 1.86. The summed E-state index contributed by atoms with van der Waals surface area (Å²) in [6, 6.07) is 11.9. The van der Waals surface area contributed by atoms with E-state index in [0.29, 0.717) is 17.8 Å². The minimum Gasteiger partial charge on any atom is -0.392 e. The minimum absolute atomic E-state index is 0.129. The Morgan fingerprint density at radius 3 is 2.65 bits per heavy atom. The summed E-state index contributed by atoms with van der Waals surface area (Å²) < 4.78 is 1.48. The smallest absolute Gasteiger partial charge is 0.250 e.